The molecule has 4 nitrogen and oxygen atoms in total. The van der Waals surface area contributed by atoms with Gasteiger partial charge in [-0.1, -0.05) is 30.3 Å². The van der Waals surface area contributed by atoms with Gasteiger partial charge in [0.25, 0.3) is 0 Å². The van der Waals surface area contributed by atoms with Gasteiger partial charge in [-0.15, -0.1) is 24.0 Å². The van der Waals surface area contributed by atoms with E-state index in [0.29, 0.717) is 18.5 Å². The van der Waals surface area contributed by atoms with Crippen LogP contribution in [0.2, 0.25) is 0 Å². The number of ether oxygens (including phenoxy) is 1. The number of halogens is 2. The molecule has 0 unspecified atom stereocenters. The Morgan fingerprint density at radius 2 is 1.72 bits per heavy atom. The van der Waals surface area contributed by atoms with E-state index in [0.717, 1.165) is 53.7 Å². The Bertz CT molecular complexity index is 788. The molecule has 0 spiro atoms. The van der Waals surface area contributed by atoms with Crippen molar-refractivity contribution in [2.75, 3.05) is 14.2 Å². The topological polar surface area (TPSA) is 50.4 Å². The van der Waals surface area contributed by atoms with Gasteiger partial charge in [0.15, 0.2) is 0 Å². The number of methoxy groups -OCH3 is 1. The van der Waals surface area contributed by atoms with E-state index < -0.39 is 0 Å². The number of amides is 1. The first kappa shape index (κ1) is 23.5. The van der Waals surface area contributed by atoms with Crippen LogP contribution in [0.1, 0.15) is 36.8 Å². The molecule has 1 aliphatic rings. The zero-order valence-electron chi connectivity index (χ0n) is 17.0. The minimum absolute atomic E-state index is 0. The van der Waals surface area contributed by atoms with Crippen molar-refractivity contribution < 1.29 is 9.53 Å². The Kier molecular flexibility index (Phi) is 9.28. The van der Waals surface area contributed by atoms with Crippen molar-refractivity contribution in [3.05, 3.63) is 53.6 Å². The van der Waals surface area contributed by atoms with Crippen molar-refractivity contribution >= 4 is 29.9 Å². The molecule has 0 radical (unpaired) electrons. The van der Waals surface area contributed by atoms with Crippen LogP contribution in [-0.4, -0.2) is 26.1 Å². The third kappa shape index (κ3) is 6.11. The van der Waals surface area contributed by atoms with E-state index in [1.165, 1.54) is 0 Å². The molecule has 0 aromatic heterocycles. The standard InChI is InChI=1S/C23H29ClN2O2.ClH/c1-25-21-10-7-18(8-11-21)23(27)26-15-20-13-19(9-12-22(20)28-2)17-5-3-16(14-24)4-6-17;/h3-6,9,12-13,18,21,25H,7-8,10-11,14-15H2,1-2H3,(H,26,27);1H. The summed E-state index contributed by atoms with van der Waals surface area (Å²) in [7, 11) is 3.65. The fourth-order valence-electron chi connectivity index (χ4n) is 3.85. The molecule has 1 amide bonds. The van der Waals surface area contributed by atoms with Crippen LogP contribution < -0.4 is 15.4 Å². The Balaban J connectivity index is 0.00000300. The Morgan fingerprint density at radius 3 is 2.31 bits per heavy atom. The normalized spacial score (nSPS) is 18.6. The van der Waals surface area contributed by atoms with E-state index in [1.54, 1.807) is 7.11 Å². The van der Waals surface area contributed by atoms with E-state index >= 15 is 0 Å². The summed E-state index contributed by atoms with van der Waals surface area (Å²) >= 11 is 5.88. The number of hydrogen-bond donors (Lipinski definition) is 2. The number of hydrogen-bond acceptors (Lipinski definition) is 3. The summed E-state index contributed by atoms with van der Waals surface area (Å²) in [6, 6.07) is 14.9. The summed E-state index contributed by atoms with van der Waals surface area (Å²) in [6.45, 7) is 0.474. The minimum Gasteiger partial charge on any atom is -0.496 e. The fourth-order valence-corrected chi connectivity index (χ4v) is 4.03. The van der Waals surface area contributed by atoms with Gasteiger partial charge in [-0.05, 0) is 61.6 Å². The largest absolute Gasteiger partial charge is 0.496 e. The monoisotopic (exact) mass is 436 g/mol. The van der Waals surface area contributed by atoms with Crippen molar-refractivity contribution in [3.8, 4) is 16.9 Å². The average molecular weight is 437 g/mol. The highest BCUT2D eigenvalue weighted by Gasteiger charge is 2.25. The molecule has 29 heavy (non-hydrogen) atoms. The van der Waals surface area contributed by atoms with Gasteiger partial charge in [0.2, 0.25) is 5.91 Å². The van der Waals surface area contributed by atoms with Crippen LogP contribution in [-0.2, 0) is 17.2 Å². The molecule has 1 aliphatic carbocycles. The second-order valence-electron chi connectivity index (χ2n) is 7.41. The SMILES string of the molecule is CNC1CCC(C(=O)NCc2cc(-c3ccc(CCl)cc3)ccc2OC)CC1.Cl. The van der Waals surface area contributed by atoms with Gasteiger partial charge in [0.1, 0.15) is 5.75 Å². The molecule has 0 atom stereocenters. The van der Waals surface area contributed by atoms with Gasteiger partial charge in [-0.2, -0.15) is 0 Å². The van der Waals surface area contributed by atoms with E-state index in [-0.39, 0.29) is 24.2 Å². The van der Waals surface area contributed by atoms with Crippen LogP contribution in [0.15, 0.2) is 42.5 Å². The summed E-state index contributed by atoms with van der Waals surface area (Å²) in [6.07, 6.45) is 4.01. The van der Waals surface area contributed by atoms with Gasteiger partial charge in [-0.3, -0.25) is 4.79 Å². The summed E-state index contributed by atoms with van der Waals surface area (Å²) in [5, 5.41) is 6.43. The maximum Gasteiger partial charge on any atom is 0.223 e. The Hall–Kier alpha value is -1.75. The molecule has 0 heterocycles. The number of benzene rings is 2. The maximum absolute atomic E-state index is 12.6. The number of alkyl halides is 1. The lowest BCUT2D eigenvalue weighted by Gasteiger charge is -2.27. The van der Waals surface area contributed by atoms with E-state index in [4.69, 9.17) is 16.3 Å². The highest BCUT2D eigenvalue weighted by atomic mass is 35.5. The van der Waals surface area contributed by atoms with Crippen molar-refractivity contribution in [1.29, 1.82) is 0 Å². The summed E-state index contributed by atoms with van der Waals surface area (Å²) in [5.41, 5.74) is 4.30. The van der Waals surface area contributed by atoms with E-state index in [9.17, 15) is 4.79 Å². The first-order valence-corrected chi connectivity index (χ1v) is 10.4. The molecule has 6 heteroatoms. The van der Waals surface area contributed by atoms with Gasteiger partial charge in [0, 0.05) is 29.9 Å². The van der Waals surface area contributed by atoms with Crippen molar-refractivity contribution in [2.45, 2.75) is 44.1 Å². The van der Waals surface area contributed by atoms with Crippen LogP contribution in [0.5, 0.6) is 5.75 Å². The van der Waals surface area contributed by atoms with Crippen LogP contribution in [0, 0.1) is 5.92 Å². The lowest BCUT2D eigenvalue weighted by molar-refractivity contribution is -0.126. The first-order chi connectivity index (χ1) is 13.6. The highest BCUT2D eigenvalue weighted by molar-refractivity contribution is 6.17. The third-order valence-corrected chi connectivity index (χ3v) is 5.99. The number of carbonyl (C=O) groups excluding carboxylic acids is 1. The van der Waals surface area contributed by atoms with Crippen molar-refractivity contribution in [3.63, 3.8) is 0 Å². The summed E-state index contributed by atoms with van der Waals surface area (Å²) in [4.78, 5) is 12.6. The van der Waals surface area contributed by atoms with Gasteiger partial charge < -0.3 is 15.4 Å². The summed E-state index contributed by atoms with van der Waals surface area (Å²) in [5.74, 6) is 1.56. The zero-order chi connectivity index (χ0) is 19.9. The zero-order valence-corrected chi connectivity index (χ0v) is 18.6. The predicted molar refractivity (Wildman–Crippen MR) is 122 cm³/mol. The Labute approximate surface area is 184 Å². The van der Waals surface area contributed by atoms with Gasteiger partial charge >= 0.3 is 0 Å². The number of rotatable bonds is 7. The van der Waals surface area contributed by atoms with Gasteiger partial charge in [-0.25, -0.2) is 0 Å². The lowest BCUT2D eigenvalue weighted by atomic mass is 9.85. The molecular weight excluding hydrogens is 407 g/mol. The molecular formula is C23H30Cl2N2O2. The molecule has 2 N–H and O–H groups in total. The van der Waals surface area contributed by atoms with Crippen LogP contribution >= 0.6 is 24.0 Å². The fraction of sp³-hybridized carbons (Fsp3) is 0.435. The quantitative estimate of drug-likeness (QED) is 0.605. The number of nitrogens with one attached hydrogen (secondary N) is 2. The van der Waals surface area contributed by atoms with Crippen molar-refractivity contribution in [1.82, 2.24) is 10.6 Å². The minimum atomic E-state index is 0. The molecule has 1 fully saturated rings. The average Bonchev–Trinajstić information content (AvgIpc) is 2.77. The Morgan fingerprint density at radius 1 is 1.07 bits per heavy atom. The molecule has 0 bridgehead atoms. The third-order valence-electron chi connectivity index (χ3n) is 5.68. The van der Waals surface area contributed by atoms with Crippen LogP contribution in [0.3, 0.4) is 0 Å². The summed E-state index contributed by atoms with van der Waals surface area (Å²) < 4.78 is 5.50. The maximum atomic E-state index is 12.6. The lowest BCUT2D eigenvalue weighted by Crippen LogP contribution is -2.37. The van der Waals surface area contributed by atoms with E-state index in [2.05, 4.69) is 28.8 Å². The molecule has 2 aromatic carbocycles. The highest BCUT2D eigenvalue weighted by Crippen LogP contribution is 2.28. The van der Waals surface area contributed by atoms with Crippen LogP contribution in [0.25, 0.3) is 11.1 Å². The molecule has 1 saturated carbocycles. The van der Waals surface area contributed by atoms with E-state index in [1.807, 2.05) is 31.3 Å². The molecule has 2 aromatic rings. The second-order valence-corrected chi connectivity index (χ2v) is 7.68. The number of carbonyl (C=O) groups is 1. The second kappa shape index (κ2) is 11.4. The van der Waals surface area contributed by atoms with Crippen LogP contribution in [0.4, 0.5) is 0 Å². The predicted octanol–water partition coefficient (Wildman–Crippen LogP) is 4.92. The molecule has 158 valence electrons. The van der Waals surface area contributed by atoms with Gasteiger partial charge in [0.05, 0.1) is 7.11 Å². The van der Waals surface area contributed by atoms with Crippen molar-refractivity contribution in [2.24, 2.45) is 5.92 Å². The molecule has 3 rings (SSSR count). The smallest absolute Gasteiger partial charge is 0.223 e. The molecule has 0 saturated heterocycles. The first-order valence-electron chi connectivity index (χ1n) is 9.91. The molecule has 0 aliphatic heterocycles.